The molecule has 152 valence electrons. The second kappa shape index (κ2) is 9.23. The number of para-hydroxylation sites is 2. The highest BCUT2D eigenvalue weighted by atomic mass is 35.5. The highest BCUT2D eigenvalue weighted by molar-refractivity contribution is 8.00. The number of halogens is 3. The standard InChI is InChI=1S/C19H17ClF2N4O2S/c1-11(17(27)23-14-5-3-4-6-15(14)28-18(21)22)29-19-25-24-16(26(19)2)12-7-9-13(20)10-8-12/h3-11,18H,1-2H3,(H,23,27). The molecule has 0 radical (unpaired) electrons. The summed E-state index contributed by atoms with van der Waals surface area (Å²) in [5.41, 5.74) is 1.01. The van der Waals surface area contributed by atoms with E-state index < -0.39 is 11.9 Å². The zero-order valence-electron chi connectivity index (χ0n) is 15.5. The van der Waals surface area contributed by atoms with Crippen LogP contribution >= 0.6 is 23.4 Å². The Morgan fingerprint density at radius 2 is 1.86 bits per heavy atom. The summed E-state index contributed by atoms with van der Waals surface area (Å²) in [6.45, 7) is -1.29. The van der Waals surface area contributed by atoms with Gasteiger partial charge in [0.05, 0.1) is 10.9 Å². The fraction of sp³-hybridized carbons (Fsp3) is 0.211. The van der Waals surface area contributed by atoms with Gasteiger partial charge in [-0.05, 0) is 43.3 Å². The average molecular weight is 439 g/mol. The quantitative estimate of drug-likeness (QED) is 0.534. The predicted octanol–water partition coefficient (Wildman–Crippen LogP) is 4.86. The molecule has 3 aromatic rings. The molecule has 3 rings (SSSR count). The summed E-state index contributed by atoms with van der Waals surface area (Å²) in [5.74, 6) is 0.153. The molecular weight excluding hydrogens is 422 g/mol. The Hall–Kier alpha value is -2.65. The molecular formula is C19H17ClF2N4O2S. The first-order valence-corrected chi connectivity index (χ1v) is 9.77. The van der Waals surface area contributed by atoms with Crippen LogP contribution in [0.4, 0.5) is 14.5 Å². The van der Waals surface area contributed by atoms with Crippen LogP contribution in [0.3, 0.4) is 0 Å². The third-order valence-corrected chi connectivity index (χ3v) is 5.34. The number of carbonyl (C=O) groups is 1. The first kappa shape index (κ1) is 21.1. The molecule has 1 atom stereocenters. The summed E-state index contributed by atoms with van der Waals surface area (Å²) in [4.78, 5) is 12.5. The lowest BCUT2D eigenvalue weighted by molar-refractivity contribution is -0.115. The van der Waals surface area contributed by atoms with Crippen molar-refractivity contribution in [2.24, 2.45) is 7.05 Å². The minimum atomic E-state index is -2.98. The number of carbonyl (C=O) groups excluding carboxylic acids is 1. The summed E-state index contributed by atoms with van der Waals surface area (Å²) in [7, 11) is 1.79. The predicted molar refractivity (Wildman–Crippen MR) is 108 cm³/mol. The van der Waals surface area contributed by atoms with Crippen LogP contribution in [0.2, 0.25) is 5.02 Å². The van der Waals surface area contributed by atoms with Gasteiger partial charge < -0.3 is 14.6 Å². The molecule has 0 saturated heterocycles. The lowest BCUT2D eigenvalue weighted by Gasteiger charge is -2.14. The molecule has 29 heavy (non-hydrogen) atoms. The van der Waals surface area contributed by atoms with Crippen LogP contribution in [0, 0.1) is 0 Å². The van der Waals surface area contributed by atoms with Gasteiger partial charge in [0.15, 0.2) is 11.0 Å². The van der Waals surface area contributed by atoms with Crippen molar-refractivity contribution in [1.29, 1.82) is 0 Å². The van der Waals surface area contributed by atoms with Crippen LogP contribution in [0.1, 0.15) is 6.92 Å². The number of alkyl halides is 2. The number of nitrogens with zero attached hydrogens (tertiary/aromatic N) is 3. The Morgan fingerprint density at radius 1 is 1.17 bits per heavy atom. The van der Waals surface area contributed by atoms with E-state index in [4.69, 9.17) is 11.6 Å². The van der Waals surface area contributed by atoms with E-state index in [1.54, 1.807) is 42.8 Å². The number of rotatable bonds is 7. The minimum Gasteiger partial charge on any atom is -0.433 e. The second-order valence-corrected chi connectivity index (χ2v) is 7.74. The van der Waals surface area contributed by atoms with Crippen molar-refractivity contribution in [3.63, 3.8) is 0 Å². The molecule has 2 aromatic carbocycles. The van der Waals surface area contributed by atoms with Crippen LogP contribution in [-0.4, -0.2) is 32.5 Å². The van der Waals surface area contributed by atoms with Crippen molar-refractivity contribution in [3.05, 3.63) is 53.6 Å². The van der Waals surface area contributed by atoms with Gasteiger partial charge in [-0.2, -0.15) is 8.78 Å². The molecule has 0 spiro atoms. The normalized spacial score (nSPS) is 12.1. The molecule has 0 aliphatic rings. The fourth-order valence-corrected chi connectivity index (χ4v) is 3.42. The number of benzene rings is 2. The van der Waals surface area contributed by atoms with E-state index in [-0.39, 0.29) is 17.3 Å². The largest absolute Gasteiger partial charge is 0.433 e. The molecule has 1 aromatic heterocycles. The van der Waals surface area contributed by atoms with Gasteiger partial charge in [-0.1, -0.05) is 35.5 Å². The Bertz CT molecular complexity index is 998. The van der Waals surface area contributed by atoms with E-state index in [1.807, 2.05) is 12.1 Å². The van der Waals surface area contributed by atoms with Crippen molar-refractivity contribution in [1.82, 2.24) is 14.8 Å². The van der Waals surface area contributed by atoms with Crippen LogP contribution < -0.4 is 10.1 Å². The SMILES string of the molecule is CC(Sc1nnc(-c2ccc(Cl)cc2)n1C)C(=O)Nc1ccccc1OC(F)F. The zero-order valence-corrected chi connectivity index (χ0v) is 17.0. The molecule has 1 amide bonds. The Balaban J connectivity index is 1.70. The van der Waals surface area contributed by atoms with Gasteiger partial charge in [-0.15, -0.1) is 10.2 Å². The molecule has 10 heteroatoms. The van der Waals surface area contributed by atoms with Gasteiger partial charge in [0.1, 0.15) is 5.75 Å². The highest BCUT2D eigenvalue weighted by Crippen LogP contribution is 2.29. The topological polar surface area (TPSA) is 69.0 Å². The van der Waals surface area contributed by atoms with Crippen LogP contribution in [-0.2, 0) is 11.8 Å². The van der Waals surface area contributed by atoms with Gasteiger partial charge in [-0.3, -0.25) is 4.79 Å². The molecule has 1 N–H and O–H groups in total. The molecule has 1 unspecified atom stereocenters. The van der Waals surface area contributed by atoms with Crippen molar-refractivity contribution in [2.75, 3.05) is 5.32 Å². The fourth-order valence-electron chi connectivity index (χ4n) is 2.48. The maximum Gasteiger partial charge on any atom is 0.387 e. The van der Waals surface area contributed by atoms with Crippen LogP contribution in [0.15, 0.2) is 53.7 Å². The lowest BCUT2D eigenvalue weighted by atomic mass is 10.2. The Morgan fingerprint density at radius 3 is 2.55 bits per heavy atom. The van der Waals surface area contributed by atoms with Gasteiger partial charge in [-0.25, -0.2) is 0 Å². The molecule has 6 nitrogen and oxygen atoms in total. The van der Waals surface area contributed by atoms with Crippen molar-refractivity contribution >= 4 is 35.0 Å². The Labute approximate surface area is 175 Å². The molecule has 0 fully saturated rings. The summed E-state index contributed by atoms with van der Waals surface area (Å²) in [6, 6.07) is 13.2. The second-order valence-electron chi connectivity index (χ2n) is 6.00. The number of hydrogen-bond acceptors (Lipinski definition) is 5. The number of anilines is 1. The number of ether oxygens (including phenoxy) is 1. The summed E-state index contributed by atoms with van der Waals surface area (Å²) in [5, 5.41) is 11.5. The van der Waals surface area contributed by atoms with E-state index >= 15 is 0 Å². The first-order valence-electron chi connectivity index (χ1n) is 8.52. The van der Waals surface area contributed by atoms with Crippen molar-refractivity contribution < 1.29 is 18.3 Å². The summed E-state index contributed by atoms with van der Waals surface area (Å²) < 4.78 is 31.3. The van der Waals surface area contributed by atoms with Gasteiger partial charge in [0.25, 0.3) is 0 Å². The van der Waals surface area contributed by atoms with Crippen molar-refractivity contribution in [2.45, 2.75) is 23.9 Å². The minimum absolute atomic E-state index is 0.100. The Kier molecular flexibility index (Phi) is 6.71. The zero-order chi connectivity index (χ0) is 21.0. The third kappa shape index (κ3) is 5.24. The van der Waals surface area contributed by atoms with E-state index in [0.717, 1.165) is 5.56 Å². The first-order chi connectivity index (χ1) is 13.8. The maximum atomic E-state index is 12.5. The monoisotopic (exact) mass is 438 g/mol. The number of thioether (sulfide) groups is 1. The van der Waals surface area contributed by atoms with Gasteiger partial charge in [0, 0.05) is 17.6 Å². The molecule has 0 saturated carbocycles. The van der Waals surface area contributed by atoms with Crippen LogP contribution in [0.5, 0.6) is 5.75 Å². The maximum absolute atomic E-state index is 12.5. The third-order valence-electron chi connectivity index (χ3n) is 3.95. The van der Waals surface area contributed by atoms with E-state index in [2.05, 4.69) is 20.3 Å². The van der Waals surface area contributed by atoms with Gasteiger partial charge in [0.2, 0.25) is 5.91 Å². The van der Waals surface area contributed by atoms with E-state index in [9.17, 15) is 13.6 Å². The summed E-state index contributed by atoms with van der Waals surface area (Å²) >= 11 is 7.11. The van der Waals surface area contributed by atoms with Crippen molar-refractivity contribution in [3.8, 4) is 17.1 Å². The number of aromatic nitrogens is 3. The number of hydrogen-bond donors (Lipinski definition) is 1. The average Bonchev–Trinajstić information content (AvgIpc) is 3.04. The molecule has 0 aliphatic heterocycles. The number of amides is 1. The number of nitrogens with one attached hydrogen (secondary N) is 1. The lowest BCUT2D eigenvalue weighted by Crippen LogP contribution is -2.23. The molecule has 1 heterocycles. The van der Waals surface area contributed by atoms with E-state index in [1.165, 1.54) is 23.9 Å². The smallest absolute Gasteiger partial charge is 0.387 e. The highest BCUT2D eigenvalue weighted by Gasteiger charge is 2.21. The molecule has 0 bridgehead atoms. The van der Waals surface area contributed by atoms with Crippen LogP contribution in [0.25, 0.3) is 11.4 Å². The van der Waals surface area contributed by atoms with E-state index in [0.29, 0.717) is 16.0 Å². The van der Waals surface area contributed by atoms with Gasteiger partial charge >= 0.3 is 6.61 Å². The molecule has 0 aliphatic carbocycles. The summed E-state index contributed by atoms with van der Waals surface area (Å²) in [6.07, 6.45) is 0.